The van der Waals surface area contributed by atoms with Crippen LogP contribution in [0.2, 0.25) is 0 Å². The van der Waals surface area contributed by atoms with Crippen LogP contribution in [0.4, 0.5) is 0 Å². The molecule has 2 aromatic rings. The Hall–Kier alpha value is -1.85. The summed E-state index contributed by atoms with van der Waals surface area (Å²) in [6, 6.07) is 3.98. The zero-order chi connectivity index (χ0) is 17.3. The van der Waals surface area contributed by atoms with E-state index in [0.29, 0.717) is 11.6 Å². The topological polar surface area (TPSA) is 57.5 Å². The zero-order valence-corrected chi connectivity index (χ0v) is 14.8. The largest absolute Gasteiger partial charge is 0.478 e. The second-order valence-electron chi connectivity index (χ2n) is 6.99. The molecular formula is C19H27N3O2. The van der Waals surface area contributed by atoms with E-state index in [9.17, 15) is 9.90 Å². The number of nitrogens with one attached hydrogen (secondary N) is 1. The number of fused-ring (bicyclic) bond motifs is 1. The van der Waals surface area contributed by atoms with Crippen molar-refractivity contribution in [3.8, 4) is 0 Å². The molecule has 3 rings (SSSR count). The molecule has 2 N–H and O–H groups in total. The minimum absolute atomic E-state index is 0.356. The number of piperazine rings is 1. The molecule has 0 aliphatic carbocycles. The molecule has 1 aliphatic heterocycles. The molecule has 0 atom stereocenters. The summed E-state index contributed by atoms with van der Waals surface area (Å²) in [5.41, 5.74) is 3.84. The molecule has 24 heavy (non-hydrogen) atoms. The van der Waals surface area contributed by atoms with Gasteiger partial charge < -0.3 is 19.9 Å². The fourth-order valence-electron chi connectivity index (χ4n) is 3.61. The number of carboxylic acids is 1. The fourth-order valence-corrected chi connectivity index (χ4v) is 3.61. The van der Waals surface area contributed by atoms with Crippen LogP contribution in [0.5, 0.6) is 0 Å². The van der Waals surface area contributed by atoms with Gasteiger partial charge in [0.25, 0.3) is 0 Å². The van der Waals surface area contributed by atoms with Crippen molar-refractivity contribution in [2.24, 2.45) is 0 Å². The maximum absolute atomic E-state index is 11.4. The van der Waals surface area contributed by atoms with Gasteiger partial charge in [-0.15, -0.1) is 0 Å². The van der Waals surface area contributed by atoms with E-state index in [2.05, 4.69) is 34.8 Å². The van der Waals surface area contributed by atoms with Crippen LogP contribution >= 0.6 is 0 Å². The Balaban J connectivity index is 1.97. The van der Waals surface area contributed by atoms with Gasteiger partial charge in [-0.25, -0.2) is 4.79 Å². The lowest BCUT2D eigenvalue weighted by Gasteiger charge is -2.26. The highest BCUT2D eigenvalue weighted by Crippen LogP contribution is 2.29. The van der Waals surface area contributed by atoms with Gasteiger partial charge in [0.05, 0.1) is 11.1 Å². The smallest absolute Gasteiger partial charge is 0.335 e. The van der Waals surface area contributed by atoms with E-state index in [-0.39, 0.29) is 0 Å². The van der Waals surface area contributed by atoms with Crippen LogP contribution in [-0.2, 0) is 6.42 Å². The predicted molar refractivity (Wildman–Crippen MR) is 97.0 cm³/mol. The van der Waals surface area contributed by atoms with Crippen molar-refractivity contribution in [3.05, 3.63) is 35.0 Å². The van der Waals surface area contributed by atoms with Gasteiger partial charge in [0.2, 0.25) is 0 Å². The third kappa shape index (κ3) is 3.32. The lowest BCUT2D eigenvalue weighted by Crippen LogP contribution is -2.44. The van der Waals surface area contributed by atoms with Gasteiger partial charge in [0, 0.05) is 50.3 Å². The second kappa shape index (κ2) is 6.95. The Morgan fingerprint density at radius 2 is 2.00 bits per heavy atom. The molecule has 0 radical (unpaired) electrons. The first-order valence-electron chi connectivity index (χ1n) is 8.78. The summed E-state index contributed by atoms with van der Waals surface area (Å²) in [5.74, 6) is -0.856. The van der Waals surface area contributed by atoms with Crippen LogP contribution in [-0.4, -0.2) is 53.3 Å². The Kier molecular flexibility index (Phi) is 4.92. The highest BCUT2D eigenvalue weighted by atomic mass is 16.4. The number of aromatic nitrogens is 1. The van der Waals surface area contributed by atoms with Gasteiger partial charge >= 0.3 is 5.97 Å². The molecule has 5 nitrogen and oxygen atoms in total. The minimum Gasteiger partial charge on any atom is -0.478 e. The van der Waals surface area contributed by atoms with Crippen molar-refractivity contribution in [2.45, 2.75) is 33.2 Å². The van der Waals surface area contributed by atoms with Crippen molar-refractivity contribution < 1.29 is 9.90 Å². The Bertz CT molecular complexity index is 743. The van der Waals surface area contributed by atoms with Crippen molar-refractivity contribution in [2.75, 3.05) is 32.7 Å². The predicted octanol–water partition coefficient (Wildman–Crippen LogP) is 2.68. The monoisotopic (exact) mass is 329 g/mol. The second-order valence-corrected chi connectivity index (χ2v) is 6.99. The van der Waals surface area contributed by atoms with Crippen LogP contribution in [0, 0.1) is 6.92 Å². The Morgan fingerprint density at radius 3 is 2.62 bits per heavy atom. The molecule has 1 aromatic carbocycles. The Morgan fingerprint density at radius 1 is 1.29 bits per heavy atom. The maximum atomic E-state index is 11.4. The average molecular weight is 329 g/mol. The lowest BCUT2D eigenvalue weighted by atomic mass is 10.0. The number of nitrogens with zero attached hydrogens (tertiary/aromatic N) is 2. The van der Waals surface area contributed by atoms with Crippen LogP contribution in [0.1, 0.15) is 41.4 Å². The average Bonchev–Trinajstić information content (AvgIpc) is 2.93. The summed E-state index contributed by atoms with van der Waals surface area (Å²) in [5, 5.41) is 13.9. The van der Waals surface area contributed by atoms with Crippen molar-refractivity contribution in [1.29, 1.82) is 0 Å². The summed E-state index contributed by atoms with van der Waals surface area (Å²) in [7, 11) is 0. The van der Waals surface area contributed by atoms with E-state index in [1.54, 1.807) is 6.07 Å². The van der Waals surface area contributed by atoms with E-state index in [1.165, 1.54) is 11.1 Å². The highest BCUT2D eigenvalue weighted by Gasteiger charge is 2.17. The molecular weight excluding hydrogens is 302 g/mol. The lowest BCUT2D eigenvalue weighted by molar-refractivity contribution is 0.0697. The van der Waals surface area contributed by atoms with Gasteiger partial charge in [-0.1, -0.05) is 0 Å². The van der Waals surface area contributed by atoms with Gasteiger partial charge in [-0.2, -0.15) is 0 Å². The van der Waals surface area contributed by atoms with Crippen LogP contribution in [0.3, 0.4) is 0 Å². The fraction of sp³-hybridized carbons (Fsp3) is 0.526. The Labute approximate surface area is 143 Å². The quantitative estimate of drug-likeness (QED) is 0.885. The van der Waals surface area contributed by atoms with E-state index in [1.807, 2.05) is 13.0 Å². The van der Waals surface area contributed by atoms with Gasteiger partial charge in [-0.3, -0.25) is 0 Å². The first kappa shape index (κ1) is 17.0. The number of aromatic carboxylic acids is 1. The van der Waals surface area contributed by atoms with Crippen molar-refractivity contribution >= 4 is 16.9 Å². The number of rotatable bonds is 5. The van der Waals surface area contributed by atoms with Crippen molar-refractivity contribution in [1.82, 2.24) is 14.8 Å². The van der Waals surface area contributed by atoms with E-state index < -0.39 is 5.97 Å². The van der Waals surface area contributed by atoms with Crippen LogP contribution in [0.15, 0.2) is 18.3 Å². The molecule has 2 heterocycles. The number of carboxylic acid groups (broad SMARTS) is 1. The summed E-state index contributed by atoms with van der Waals surface area (Å²) < 4.78 is 2.28. The standard InChI is InChI=1S/C19H27N3O2/c1-13(2)22-12-15(4-7-21-8-5-20-6-9-21)17-11-16(19(23)24)10-14(3)18(17)22/h10-13,20H,4-9H2,1-3H3,(H,23,24). The number of hydrogen-bond donors (Lipinski definition) is 2. The van der Waals surface area contributed by atoms with Gasteiger partial charge in [0.1, 0.15) is 0 Å². The van der Waals surface area contributed by atoms with E-state index in [4.69, 9.17) is 0 Å². The zero-order valence-electron chi connectivity index (χ0n) is 14.8. The maximum Gasteiger partial charge on any atom is 0.335 e. The summed E-state index contributed by atoms with van der Waals surface area (Å²) >= 11 is 0. The molecule has 130 valence electrons. The van der Waals surface area contributed by atoms with Crippen LogP contribution in [0.25, 0.3) is 10.9 Å². The van der Waals surface area contributed by atoms with Gasteiger partial charge in [-0.05, 0) is 50.5 Å². The van der Waals surface area contributed by atoms with Crippen molar-refractivity contribution in [3.63, 3.8) is 0 Å². The SMILES string of the molecule is Cc1cc(C(=O)O)cc2c(CCN3CCNCC3)cn(C(C)C)c12. The molecule has 0 spiro atoms. The first-order valence-corrected chi connectivity index (χ1v) is 8.78. The third-order valence-corrected chi connectivity index (χ3v) is 4.91. The molecule has 1 fully saturated rings. The molecule has 0 unspecified atom stereocenters. The molecule has 1 aromatic heterocycles. The molecule has 0 bridgehead atoms. The van der Waals surface area contributed by atoms with Crippen LogP contribution < -0.4 is 5.32 Å². The molecule has 0 amide bonds. The minimum atomic E-state index is -0.856. The molecule has 1 saturated heterocycles. The normalized spacial score (nSPS) is 16.2. The van der Waals surface area contributed by atoms with Gasteiger partial charge in [0.15, 0.2) is 0 Å². The number of carbonyl (C=O) groups is 1. The number of aryl methyl sites for hydroxylation is 1. The number of benzene rings is 1. The number of hydrogen-bond acceptors (Lipinski definition) is 3. The molecule has 0 saturated carbocycles. The molecule has 5 heteroatoms. The molecule has 1 aliphatic rings. The highest BCUT2D eigenvalue weighted by molar-refractivity contribution is 5.96. The summed E-state index contributed by atoms with van der Waals surface area (Å²) in [6.45, 7) is 11.6. The first-order chi connectivity index (χ1) is 11.5. The summed E-state index contributed by atoms with van der Waals surface area (Å²) in [4.78, 5) is 13.9. The van der Waals surface area contributed by atoms with E-state index >= 15 is 0 Å². The van der Waals surface area contributed by atoms with E-state index in [0.717, 1.165) is 50.1 Å². The third-order valence-electron chi connectivity index (χ3n) is 4.91. The summed E-state index contributed by atoms with van der Waals surface area (Å²) in [6.07, 6.45) is 3.18.